The van der Waals surface area contributed by atoms with Gasteiger partial charge in [0.1, 0.15) is 0 Å². The van der Waals surface area contributed by atoms with Crippen molar-refractivity contribution in [3.05, 3.63) is 0 Å². The van der Waals surface area contributed by atoms with E-state index in [0.717, 1.165) is 0 Å². The predicted octanol–water partition coefficient (Wildman–Crippen LogP) is -14.1. The normalized spacial score (nSPS) is 9.83. The minimum atomic E-state index is -5.39. The van der Waals surface area contributed by atoms with Crippen LogP contribution in [0.5, 0.6) is 0 Å². The average Bonchev–Trinajstić information content (AvgIpc) is 1.79. The second-order valence-corrected chi connectivity index (χ2v) is 6.71. The summed E-state index contributed by atoms with van der Waals surface area (Å²) in [5.41, 5.74) is 0. The van der Waals surface area contributed by atoms with Crippen molar-refractivity contribution in [2.24, 2.45) is 0 Å². The summed E-state index contributed by atoms with van der Waals surface area (Å²) < 4.78 is 42.7. The van der Waals surface area contributed by atoms with Crippen LogP contribution in [0, 0.1) is 0 Å². The van der Waals surface area contributed by atoms with Crippen LogP contribution < -0.4 is 73.4 Å². The van der Waals surface area contributed by atoms with Crippen LogP contribution in [0.3, 0.4) is 0 Å². The molecule has 0 N–H and O–H groups in total. The molecule has 0 atom stereocenters. The van der Waals surface area contributed by atoms with Gasteiger partial charge in [0.05, 0.1) is 0 Å². The van der Waals surface area contributed by atoms with Gasteiger partial charge in [-0.25, -0.2) is 0 Å². The Morgan fingerprint density at radius 1 is 0.233 bits per heavy atom. The molecule has 0 aromatic carbocycles. The molecule has 0 saturated carbocycles. The molecular weight excluding hydrogens is 939 g/mol. The standard InChI is InChI=1S/5Nb.5H3O4P/c;;;;;5*1-5(2,3)4/h;;;;;5*(H3,1,2,3,4)/q5*+3;;;;;/p-15. The first-order valence-corrected chi connectivity index (χ1v) is 11.0. The molecule has 170 valence electrons. The molecule has 0 saturated heterocycles. The maximum Gasteiger partial charge on any atom is 3.00 e. The van der Waals surface area contributed by atoms with E-state index < -0.39 is 39.1 Å². The van der Waals surface area contributed by atoms with Crippen LogP contribution in [0.2, 0.25) is 0 Å². The maximum absolute atomic E-state index is 8.55. The van der Waals surface area contributed by atoms with E-state index in [2.05, 4.69) is 0 Å². The number of hydrogen-bond acceptors (Lipinski definition) is 20. The van der Waals surface area contributed by atoms with Gasteiger partial charge >= 0.3 is 112 Å². The third kappa shape index (κ3) is 1740. The molecule has 20 nitrogen and oxygen atoms in total. The molecule has 0 radical (unpaired) electrons. The Kier molecular flexibility index (Phi) is 63.3. The number of phosphoric acid groups is 5. The minimum Gasteiger partial charge on any atom is -0.822 e. The fraction of sp³-hybridized carbons (Fsp3) is 0. The molecule has 0 aliphatic rings. The Balaban J connectivity index is -0.0000000200. The van der Waals surface area contributed by atoms with Crippen molar-refractivity contribution in [2.45, 2.75) is 0 Å². The molecule has 0 aromatic heterocycles. The molecule has 0 aliphatic heterocycles. The fourth-order valence-corrected chi connectivity index (χ4v) is 0. The van der Waals surface area contributed by atoms with E-state index in [4.69, 9.17) is 96.2 Å². The van der Waals surface area contributed by atoms with Crippen LogP contribution in [-0.2, 0) is 135 Å². The Morgan fingerprint density at radius 2 is 0.233 bits per heavy atom. The van der Waals surface area contributed by atoms with E-state index >= 15 is 0 Å². The van der Waals surface area contributed by atoms with Crippen LogP contribution >= 0.6 is 39.1 Å². The van der Waals surface area contributed by atoms with Gasteiger partial charge in [-0.3, -0.25) is 0 Å². The van der Waals surface area contributed by atoms with E-state index in [1.54, 1.807) is 0 Å². The molecular formula is Nb5O20P5. The molecule has 0 amide bonds. The summed E-state index contributed by atoms with van der Waals surface area (Å²) in [6.45, 7) is 0. The van der Waals surface area contributed by atoms with Gasteiger partial charge in [0.2, 0.25) is 0 Å². The third-order valence-electron chi connectivity index (χ3n) is 0. The summed E-state index contributed by atoms with van der Waals surface area (Å²) in [6, 6.07) is 0. The molecule has 0 bridgehead atoms. The zero-order valence-electron chi connectivity index (χ0n) is 12.6. The summed E-state index contributed by atoms with van der Waals surface area (Å²) in [4.78, 5) is 128. The predicted molar refractivity (Wildman–Crippen MR) is 38.0 cm³/mol. The van der Waals surface area contributed by atoms with Gasteiger partial charge in [-0.15, -0.1) is 0 Å². The second kappa shape index (κ2) is 29.5. The quantitative estimate of drug-likeness (QED) is 0.161. The van der Waals surface area contributed by atoms with Crippen molar-refractivity contribution in [2.75, 3.05) is 0 Å². The molecule has 0 spiro atoms. The average molecular weight is 939 g/mol. The van der Waals surface area contributed by atoms with Crippen molar-refractivity contribution >= 4 is 39.1 Å². The molecule has 0 unspecified atom stereocenters. The van der Waals surface area contributed by atoms with Crippen molar-refractivity contribution in [3.63, 3.8) is 0 Å². The Bertz CT molecular complexity index is 385. The molecule has 0 rings (SSSR count). The van der Waals surface area contributed by atoms with E-state index in [1.165, 1.54) is 0 Å². The van der Waals surface area contributed by atoms with Crippen LogP contribution in [0.15, 0.2) is 0 Å². The summed E-state index contributed by atoms with van der Waals surface area (Å²) in [5.74, 6) is 0. The monoisotopic (exact) mass is 939 g/mol. The molecule has 30 heteroatoms. The molecule has 0 fully saturated rings. The van der Waals surface area contributed by atoms with Gasteiger partial charge in [0.15, 0.2) is 0 Å². The van der Waals surface area contributed by atoms with Crippen LogP contribution in [0.1, 0.15) is 0 Å². The zero-order valence-corrected chi connectivity index (χ0v) is 28.1. The minimum absolute atomic E-state index is 0. The van der Waals surface area contributed by atoms with E-state index in [0.29, 0.717) is 0 Å². The topological polar surface area (TPSA) is 431 Å². The zero-order chi connectivity index (χ0) is 22.5. The van der Waals surface area contributed by atoms with Crippen LogP contribution in [0.25, 0.3) is 0 Å². The maximum atomic E-state index is 8.55. The van der Waals surface area contributed by atoms with Crippen molar-refractivity contribution in [1.82, 2.24) is 0 Å². The Morgan fingerprint density at radius 3 is 0.233 bits per heavy atom. The van der Waals surface area contributed by atoms with Gasteiger partial charge in [-0.1, -0.05) is 0 Å². The second-order valence-electron chi connectivity index (χ2n) is 2.24. The van der Waals surface area contributed by atoms with E-state index in [-0.39, 0.29) is 112 Å². The number of rotatable bonds is 0. The molecule has 0 aromatic rings. The number of hydrogen-bond donors (Lipinski definition) is 0. The van der Waals surface area contributed by atoms with E-state index in [1.807, 2.05) is 0 Å². The Hall–Kier alpha value is 4.25. The van der Waals surface area contributed by atoms with Crippen LogP contribution in [-0.4, -0.2) is 0 Å². The van der Waals surface area contributed by atoms with Gasteiger partial charge in [0.25, 0.3) is 0 Å². The van der Waals surface area contributed by atoms with E-state index in [9.17, 15) is 0 Å². The van der Waals surface area contributed by atoms with Crippen molar-refractivity contribution in [3.8, 4) is 0 Å². The SMILES string of the molecule is O=P([O-])([O-])[O-].O=P([O-])([O-])[O-].O=P([O-])([O-])[O-].O=P([O-])([O-])[O-].O=P([O-])([O-])[O-].[Nb+3].[Nb+3].[Nb+3].[Nb+3].[Nb+3]. The smallest absolute Gasteiger partial charge is 0.822 e. The molecule has 30 heavy (non-hydrogen) atoms. The summed E-state index contributed by atoms with van der Waals surface area (Å²) in [7, 11) is -26.9. The van der Waals surface area contributed by atoms with Gasteiger partial charge in [-0.2, -0.15) is 39.1 Å². The molecule has 0 heterocycles. The van der Waals surface area contributed by atoms with Crippen LogP contribution in [0.4, 0.5) is 0 Å². The first-order chi connectivity index (χ1) is 10.0. The van der Waals surface area contributed by atoms with Crippen molar-refractivity contribution in [1.29, 1.82) is 0 Å². The summed E-state index contributed by atoms with van der Waals surface area (Å²) in [6.07, 6.45) is 0. The van der Waals surface area contributed by atoms with Gasteiger partial charge in [0, 0.05) is 0 Å². The third-order valence-corrected chi connectivity index (χ3v) is 0. The first kappa shape index (κ1) is 64.4. The largest absolute Gasteiger partial charge is 3.00 e. The van der Waals surface area contributed by atoms with Crippen molar-refractivity contribution < 1.29 is 208 Å². The van der Waals surface area contributed by atoms with Gasteiger partial charge in [-0.05, 0) is 0 Å². The first-order valence-electron chi connectivity index (χ1n) is 3.65. The molecule has 0 aliphatic carbocycles. The Labute approximate surface area is 244 Å². The van der Waals surface area contributed by atoms with Gasteiger partial charge < -0.3 is 96.2 Å². The fourth-order valence-electron chi connectivity index (χ4n) is 0. The summed E-state index contributed by atoms with van der Waals surface area (Å²) in [5, 5.41) is 0. The summed E-state index contributed by atoms with van der Waals surface area (Å²) >= 11 is 0.